The molecule has 0 aliphatic carbocycles. The van der Waals surface area contributed by atoms with Crippen molar-refractivity contribution >= 4 is 23.2 Å². The van der Waals surface area contributed by atoms with Crippen molar-refractivity contribution in [1.29, 1.82) is 0 Å². The number of para-hydroxylation sites is 1. The highest BCUT2D eigenvalue weighted by molar-refractivity contribution is 7.08. The van der Waals surface area contributed by atoms with Crippen LogP contribution in [0.1, 0.15) is 5.56 Å². The average Bonchev–Trinajstić information content (AvgIpc) is 2.80. The summed E-state index contributed by atoms with van der Waals surface area (Å²) >= 11 is 1.68. The second-order valence-electron chi connectivity index (χ2n) is 3.16. The molecular formula is C12H12N2S. The number of hydrogen-bond donors (Lipinski definition) is 0. The van der Waals surface area contributed by atoms with Gasteiger partial charge in [-0.15, -0.1) is 0 Å². The Kier molecular flexibility index (Phi) is 3.15. The molecule has 2 aromatic rings. The van der Waals surface area contributed by atoms with E-state index >= 15 is 0 Å². The maximum atomic E-state index is 4.35. The van der Waals surface area contributed by atoms with E-state index in [1.807, 2.05) is 60.0 Å². The number of nitrogens with zero attached hydrogens (tertiary/aromatic N) is 2. The molecule has 2 nitrogen and oxygen atoms in total. The van der Waals surface area contributed by atoms with Gasteiger partial charge in [0.15, 0.2) is 0 Å². The first-order chi connectivity index (χ1) is 7.36. The van der Waals surface area contributed by atoms with Crippen LogP contribution < -0.4 is 5.01 Å². The van der Waals surface area contributed by atoms with Gasteiger partial charge in [-0.05, 0) is 29.0 Å². The van der Waals surface area contributed by atoms with Crippen molar-refractivity contribution in [2.45, 2.75) is 0 Å². The van der Waals surface area contributed by atoms with Gasteiger partial charge in [-0.2, -0.15) is 16.4 Å². The zero-order chi connectivity index (χ0) is 10.5. The second kappa shape index (κ2) is 4.75. The zero-order valence-electron chi connectivity index (χ0n) is 8.50. The predicted molar refractivity (Wildman–Crippen MR) is 66.8 cm³/mol. The van der Waals surface area contributed by atoms with Gasteiger partial charge in [-0.1, -0.05) is 18.2 Å². The van der Waals surface area contributed by atoms with Crippen molar-refractivity contribution in [2.24, 2.45) is 5.10 Å². The van der Waals surface area contributed by atoms with Crippen LogP contribution in [0.3, 0.4) is 0 Å². The standard InChI is InChI=1S/C12H12N2S/c1-14(12-5-3-2-4-6-12)13-9-11-7-8-15-10-11/h2-10H,1H3/b13-9+. The molecule has 0 unspecified atom stereocenters. The molecule has 1 heterocycles. The maximum absolute atomic E-state index is 4.35. The third kappa shape index (κ3) is 2.67. The number of hydrazone groups is 1. The van der Waals surface area contributed by atoms with Crippen molar-refractivity contribution in [2.75, 3.05) is 12.1 Å². The number of benzene rings is 1. The lowest BCUT2D eigenvalue weighted by Crippen LogP contribution is -2.08. The normalized spacial score (nSPS) is 10.7. The van der Waals surface area contributed by atoms with Crippen LogP contribution in [-0.4, -0.2) is 13.3 Å². The Labute approximate surface area is 93.5 Å². The first-order valence-electron chi connectivity index (χ1n) is 4.71. The molecule has 0 fully saturated rings. The fourth-order valence-corrected chi connectivity index (χ4v) is 1.82. The second-order valence-corrected chi connectivity index (χ2v) is 3.94. The third-order valence-electron chi connectivity index (χ3n) is 2.05. The van der Waals surface area contributed by atoms with Crippen LogP contribution in [0.2, 0.25) is 0 Å². The van der Waals surface area contributed by atoms with Gasteiger partial charge < -0.3 is 0 Å². The lowest BCUT2D eigenvalue weighted by Gasteiger charge is -2.11. The van der Waals surface area contributed by atoms with E-state index in [0.717, 1.165) is 11.3 Å². The van der Waals surface area contributed by atoms with Crippen LogP contribution >= 0.6 is 11.3 Å². The monoisotopic (exact) mass is 216 g/mol. The molecule has 3 heteroatoms. The highest BCUT2D eigenvalue weighted by atomic mass is 32.1. The molecule has 15 heavy (non-hydrogen) atoms. The minimum atomic E-state index is 1.09. The molecule has 0 bridgehead atoms. The predicted octanol–water partition coefficient (Wildman–Crippen LogP) is 3.22. The van der Waals surface area contributed by atoms with E-state index in [-0.39, 0.29) is 0 Å². The van der Waals surface area contributed by atoms with Gasteiger partial charge >= 0.3 is 0 Å². The van der Waals surface area contributed by atoms with Crippen molar-refractivity contribution < 1.29 is 0 Å². The Hall–Kier alpha value is -1.61. The van der Waals surface area contributed by atoms with Crippen LogP contribution in [0.4, 0.5) is 5.69 Å². The summed E-state index contributed by atoms with van der Waals surface area (Å²) in [6.45, 7) is 0. The maximum Gasteiger partial charge on any atom is 0.0590 e. The highest BCUT2D eigenvalue weighted by Crippen LogP contribution is 2.11. The Morgan fingerprint density at radius 3 is 2.67 bits per heavy atom. The lowest BCUT2D eigenvalue weighted by atomic mass is 10.3. The molecule has 0 aliphatic heterocycles. The number of rotatable bonds is 3. The average molecular weight is 216 g/mol. The van der Waals surface area contributed by atoms with Gasteiger partial charge in [0.1, 0.15) is 0 Å². The van der Waals surface area contributed by atoms with E-state index < -0.39 is 0 Å². The number of hydrogen-bond acceptors (Lipinski definition) is 3. The Balaban J connectivity index is 2.07. The Morgan fingerprint density at radius 2 is 2.00 bits per heavy atom. The largest absolute Gasteiger partial charge is 0.269 e. The third-order valence-corrected chi connectivity index (χ3v) is 2.75. The summed E-state index contributed by atoms with van der Waals surface area (Å²) in [6, 6.07) is 12.1. The molecule has 0 spiro atoms. The Morgan fingerprint density at radius 1 is 1.20 bits per heavy atom. The van der Waals surface area contributed by atoms with E-state index in [1.54, 1.807) is 11.3 Å². The minimum absolute atomic E-state index is 1.09. The van der Waals surface area contributed by atoms with Crippen LogP contribution in [0.15, 0.2) is 52.3 Å². The SMILES string of the molecule is CN(/N=C/c1ccsc1)c1ccccc1. The van der Waals surface area contributed by atoms with Gasteiger partial charge in [0.2, 0.25) is 0 Å². The van der Waals surface area contributed by atoms with Crippen molar-refractivity contribution in [1.82, 2.24) is 0 Å². The van der Waals surface area contributed by atoms with Crippen LogP contribution in [0.25, 0.3) is 0 Å². The molecule has 0 atom stereocenters. The molecule has 0 saturated heterocycles. The fraction of sp³-hybridized carbons (Fsp3) is 0.0833. The van der Waals surface area contributed by atoms with E-state index in [1.165, 1.54) is 0 Å². The molecule has 1 aromatic carbocycles. The van der Waals surface area contributed by atoms with Crippen LogP contribution in [0, 0.1) is 0 Å². The summed E-state index contributed by atoms with van der Waals surface area (Å²) in [4.78, 5) is 0. The first kappa shape index (κ1) is 9.93. The highest BCUT2D eigenvalue weighted by Gasteiger charge is 1.95. The molecule has 76 valence electrons. The molecular weight excluding hydrogens is 204 g/mol. The molecule has 0 aliphatic rings. The van der Waals surface area contributed by atoms with Crippen molar-refractivity contribution in [3.8, 4) is 0 Å². The first-order valence-corrected chi connectivity index (χ1v) is 5.65. The van der Waals surface area contributed by atoms with Crippen LogP contribution in [-0.2, 0) is 0 Å². The van der Waals surface area contributed by atoms with E-state index in [4.69, 9.17) is 0 Å². The fourth-order valence-electron chi connectivity index (χ4n) is 1.21. The molecule has 0 radical (unpaired) electrons. The zero-order valence-corrected chi connectivity index (χ0v) is 9.32. The minimum Gasteiger partial charge on any atom is -0.269 e. The summed E-state index contributed by atoms with van der Waals surface area (Å²) in [6.07, 6.45) is 1.86. The topological polar surface area (TPSA) is 15.6 Å². The summed E-state index contributed by atoms with van der Waals surface area (Å²) in [5.41, 5.74) is 2.23. The molecule has 2 rings (SSSR count). The summed E-state index contributed by atoms with van der Waals surface area (Å²) in [5.74, 6) is 0. The van der Waals surface area contributed by atoms with Gasteiger partial charge in [-0.3, -0.25) is 5.01 Å². The van der Waals surface area contributed by atoms with Gasteiger partial charge in [0.25, 0.3) is 0 Å². The van der Waals surface area contributed by atoms with E-state index in [0.29, 0.717) is 0 Å². The summed E-state index contributed by atoms with van der Waals surface area (Å²) in [7, 11) is 1.94. The lowest BCUT2D eigenvalue weighted by molar-refractivity contribution is 1.02. The molecule has 1 aromatic heterocycles. The Bertz CT molecular complexity index is 420. The van der Waals surface area contributed by atoms with Crippen molar-refractivity contribution in [3.05, 3.63) is 52.7 Å². The van der Waals surface area contributed by atoms with Crippen molar-refractivity contribution in [3.63, 3.8) is 0 Å². The number of anilines is 1. The van der Waals surface area contributed by atoms with Crippen LogP contribution in [0.5, 0.6) is 0 Å². The quantitative estimate of drug-likeness (QED) is 0.568. The summed E-state index contributed by atoms with van der Waals surface area (Å²) in [5, 5.41) is 10.3. The summed E-state index contributed by atoms with van der Waals surface area (Å²) < 4.78 is 0. The number of thiophene rings is 1. The van der Waals surface area contributed by atoms with Gasteiger partial charge in [-0.25, -0.2) is 0 Å². The smallest absolute Gasteiger partial charge is 0.0590 e. The molecule has 0 saturated carbocycles. The van der Waals surface area contributed by atoms with E-state index in [2.05, 4.69) is 10.5 Å². The van der Waals surface area contributed by atoms with Gasteiger partial charge in [0, 0.05) is 12.6 Å². The van der Waals surface area contributed by atoms with Gasteiger partial charge in [0.05, 0.1) is 11.9 Å². The molecule has 0 N–H and O–H groups in total. The van der Waals surface area contributed by atoms with E-state index in [9.17, 15) is 0 Å². The molecule has 0 amide bonds.